The van der Waals surface area contributed by atoms with Gasteiger partial charge >= 0.3 is 5.69 Å². The molecule has 5 nitrogen and oxygen atoms in total. The quantitative estimate of drug-likeness (QED) is 0.862. The van der Waals surface area contributed by atoms with E-state index in [1.54, 1.807) is 6.20 Å². The van der Waals surface area contributed by atoms with Crippen LogP contribution in [0.25, 0.3) is 0 Å². The van der Waals surface area contributed by atoms with Gasteiger partial charge in [0.1, 0.15) is 5.15 Å². The average Bonchev–Trinajstić information content (AvgIpc) is 2.93. The van der Waals surface area contributed by atoms with Gasteiger partial charge in [0.25, 0.3) is 5.56 Å². The molecule has 0 radical (unpaired) electrons. The molecule has 0 aliphatic carbocycles. The summed E-state index contributed by atoms with van der Waals surface area (Å²) in [7, 11) is 0. The molecule has 0 saturated carbocycles. The first-order valence-electron chi connectivity index (χ1n) is 6.45. The Balaban J connectivity index is 2.39. The zero-order valence-corrected chi connectivity index (χ0v) is 12.9. The largest absolute Gasteiger partial charge is 0.329 e. The van der Waals surface area contributed by atoms with Gasteiger partial charge < -0.3 is 0 Å². The highest BCUT2D eigenvalue weighted by atomic mass is 35.5. The Morgan fingerprint density at radius 1 is 1.50 bits per heavy atom. The standard InChI is InChI=1S/C13H16ClN3O2S/c1-3-4-9-10(14)16-13(19)17(12(9)18)7-8(2)11-15-5-6-20-11/h5-6,8H,3-4,7H2,1-2H3,(H,16,19). The van der Waals surface area contributed by atoms with Crippen LogP contribution in [0.5, 0.6) is 0 Å². The Morgan fingerprint density at radius 2 is 2.25 bits per heavy atom. The summed E-state index contributed by atoms with van der Waals surface area (Å²) < 4.78 is 1.21. The monoisotopic (exact) mass is 313 g/mol. The third kappa shape index (κ3) is 3.02. The Kier molecular flexibility index (Phi) is 4.77. The summed E-state index contributed by atoms with van der Waals surface area (Å²) in [6.07, 6.45) is 3.07. The van der Waals surface area contributed by atoms with Gasteiger partial charge in [0.15, 0.2) is 0 Å². The van der Waals surface area contributed by atoms with Gasteiger partial charge in [-0.3, -0.25) is 14.3 Å². The van der Waals surface area contributed by atoms with E-state index in [0.29, 0.717) is 18.5 Å². The molecule has 0 aliphatic rings. The highest BCUT2D eigenvalue weighted by Gasteiger charge is 2.16. The minimum Gasteiger partial charge on any atom is -0.297 e. The van der Waals surface area contributed by atoms with Crippen LogP contribution >= 0.6 is 22.9 Å². The highest BCUT2D eigenvalue weighted by molar-refractivity contribution is 7.09. The second-order valence-corrected chi connectivity index (χ2v) is 5.96. The zero-order chi connectivity index (χ0) is 14.7. The predicted octanol–water partition coefficient (Wildman–Crippen LogP) is 2.40. The number of hydrogen-bond donors (Lipinski definition) is 1. The van der Waals surface area contributed by atoms with Crippen molar-refractivity contribution in [2.24, 2.45) is 0 Å². The van der Waals surface area contributed by atoms with Crippen LogP contribution in [0.1, 0.15) is 36.8 Å². The fourth-order valence-electron chi connectivity index (χ4n) is 2.05. The summed E-state index contributed by atoms with van der Waals surface area (Å²) in [6, 6.07) is 0. The van der Waals surface area contributed by atoms with Crippen LogP contribution in [0, 0.1) is 0 Å². The third-order valence-electron chi connectivity index (χ3n) is 3.06. The molecule has 2 aromatic heterocycles. The lowest BCUT2D eigenvalue weighted by molar-refractivity contribution is 0.546. The van der Waals surface area contributed by atoms with Crippen molar-refractivity contribution in [1.82, 2.24) is 14.5 Å². The van der Waals surface area contributed by atoms with E-state index < -0.39 is 5.69 Å². The number of halogens is 1. The molecule has 0 fully saturated rings. The Bertz CT molecular complexity index is 691. The van der Waals surface area contributed by atoms with Gasteiger partial charge in [0, 0.05) is 24.0 Å². The van der Waals surface area contributed by atoms with Crippen molar-refractivity contribution in [3.8, 4) is 0 Å². The minimum absolute atomic E-state index is 0.00412. The van der Waals surface area contributed by atoms with Gasteiger partial charge in [0.2, 0.25) is 0 Å². The fourth-order valence-corrected chi connectivity index (χ4v) is 2.99. The van der Waals surface area contributed by atoms with E-state index in [-0.39, 0.29) is 16.6 Å². The number of rotatable bonds is 5. The number of hydrogen-bond acceptors (Lipinski definition) is 4. The molecular formula is C13H16ClN3O2S. The maximum absolute atomic E-state index is 12.3. The molecule has 0 amide bonds. The van der Waals surface area contributed by atoms with E-state index in [1.807, 2.05) is 19.2 Å². The van der Waals surface area contributed by atoms with E-state index in [0.717, 1.165) is 11.4 Å². The molecule has 2 heterocycles. The third-order valence-corrected chi connectivity index (χ3v) is 4.39. The first kappa shape index (κ1) is 15.0. The van der Waals surface area contributed by atoms with Gasteiger partial charge in [-0.1, -0.05) is 31.9 Å². The zero-order valence-electron chi connectivity index (χ0n) is 11.4. The molecule has 2 rings (SSSR count). The molecule has 0 saturated heterocycles. The van der Waals surface area contributed by atoms with Gasteiger partial charge in [0.05, 0.1) is 10.6 Å². The van der Waals surface area contributed by atoms with Gasteiger partial charge in [-0.2, -0.15) is 0 Å². The minimum atomic E-state index is -0.469. The van der Waals surface area contributed by atoms with Gasteiger partial charge in [-0.15, -0.1) is 11.3 Å². The van der Waals surface area contributed by atoms with Crippen molar-refractivity contribution in [2.45, 2.75) is 39.2 Å². The van der Waals surface area contributed by atoms with Crippen LogP contribution in [0.2, 0.25) is 5.15 Å². The van der Waals surface area contributed by atoms with Crippen LogP contribution < -0.4 is 11.2 Å². The molecule has 1 N–H and O–H groups in total. The molecule has 108 valence electrons. The van der Waals surface area contributed by atoms with E-state index in [9.17, 15) is 9.59 Å². The average molecular weight is 314 g/mol. The molecule has 2 aromatic rings. The molecule has 0 bridgehead atoms. The number of thiazole rings is 1. The summed E-state index contributed by atoms with van der Waals surface area (Å²) in [5, 5.41) is 2.94. The summed E-state index contributed by atoms with van der Waals surface area (Å²) in [5.41, 5.74) is -0.299. The van der Waals surface area contributed by atoms with Crippen LogP contribution in [-0.4, -0.2) is 14.5 Å². The number of aromatic nitrogens is 3. The Labute approximate surface area is 125 Å². The van der Waals surface area contributed by atoms with Crippen molar-refractivity contribution >= 4 is 22.9 Å². The van der Waals surface area contributed by atoms with Crippen LogP contribution in [0.4, 0.5) is 0 Å². The van der Waals surface area contributed by atoms with Gasteiger partial charge in [-0.25, -0.2) is 9.78 Å². The fraction of sp³-hybridized carbons (Fsp3) is 0.462. The number of nitrogens with one attached hydrogen (secondary N) is 1. The lowest BCUT2D eigenvalue weighted by Crippen LogP contribution is -2.38. The molecule has 1 atom stereocenters. The maximum atomic E-state index is 12.3. The summed E-state index contributed by atoms with van der Waals surface area (Å²) in [4.78, 5) is 31.0. The smallest absolute Gasteiger partial charge is 0.297 e. The number of nitrogens with zero attached hydrogens (tertiary/aromatic N) is 2. The Morgan fingerprint density at radius 3 is 2.85 bits per heavy atom. The normalized spacial score (nSPS) is 12.6. The van der Waals surface area contributed by atoms with Crippen molar-refractivity contribution in [3.63, 3.8) is 0 Å². The molecule has 1 unspecified atom stereocenters. The molecular weight excluding hydrogens is 298 g/mol. The first-order chi connectivity index (χ1) is 9.54. The van der Waals surface area contributed by atoms with Crippen molar-refractivity contribution in [3.05, 3.63) is 48.1 Å². The van der Waals surface area contributed by atoms with Crippen molar-refractivity contribution in [1.29, 1.82) is 0 Å². The van der Waals surface area contributed by atoms with Crippen molar-refractivity contribution in [2.75, 3.05) is 0 Å². The molecule has 20 heavy (non-hydrogen) atoms. The number of aromatic amines is 1. The lowest BCUT2D eigenvalue weighted by atomic mass is 10.1. The summed E-state index contributed by atoms with van der Waals surface area (Å²) >= 11 is 7.46. The Hall–Kier alpha value is -1.40. The second-order valence-electron chi connectivity index (χ2n) is 4.66. The molecule has 0 aliphatic heterocycles. The summed E-state index contributed by atoms with van der Waals surface area (Å²) in [5.74, 6) is 0.00412. The van der Waals surface area contributed by atoms with Crippen LogP contribution in [-0.2, 0) is 13.0 Å². The van der Waals surface area contributed by atoms with E-state index in [1.165, 1.54) is 15.9 Å². The second kappa shape index (κ2) is 6.37. The summed E-state index contributed by atoms with van der Waals surface area (Å²) in [6.45, 7) is 4.21. The maximum Gasteiger partial charge on any atom is 0.329 e. The lowest BCUT2D eigenvalue weighted by Gasteiger charge is -2.12. The molecule has 0 aromatic carbocycles. The predicted molar refractivity (Wildman–Crippen MR) is 80.9 cm³/mol. The van der Waals surface area contributed by atoms with Crippen LogP contribution in [0.3, 0.4) is 0 Å². The van der Waals surface area contributed by atoms with Crippen molar-refractivity contribution < 1.29 is 0 Å². The van der Waals surface area contributed by atoms with E-state index in [4.69, 9.17) is 11.6 Å². The number of H-pyrrole nitrogens is 1. The molecule has 7 heteroatoms. The highest BCUT2D eigenvalue weighted by Crippen LogP contribution is 2.18. The first-order valence-corrected chi connectivity index (χ1v) is 7.71. The van der Waals surface area contributed by atoms with Crippen LogP contribution in [0.15, 0.2) is 21.2 Å². The van der Waals surface area contributed by atoms with E-state index in [2.05, 4.69) is 9.97 Å². The van der Waals surface area contributed by atoms with E-state index >= 15 is 0 Å². The molecule has 0 spiro atoms. The topological polar surface area (TPSA) is 67.8 Å². The SMILES string of the molecule is CCCc1c(Cl)[nH]c(=O)n(CC(C)c2nccs2)c1=O. The van der Waals surface area contributed by atoms with Gasteiger partial charge in [-0.05, 0) is 6.42 Å².